The fraction of sp³-hybridized carbons (Fsp3) is 0.0909. The van der Waals surface area contributed by atoms with Crippen molar-refractivity contribution in [2.45, 2.75) is 10.4 Å². The number of alkyl halides is 3. The molecule has 0 aliphatic carbocycles. The van der Waals surface area contributed by atoms with Crippen molar-refractivity contribution in [3.63, 3.8) is 0 Å². The lowest BCUT2D eigenvalue weighted by molar-refractivity contribution is -0.138. The van der Waals surface area contributed by atoms with Crippen LogP contribution in [0.25, 0.3) is 0 Å². The van der Waals surface area contributed by atoms with Crippen molar-refractivity contribution in [1.29, 1.82) is 0 Å². The molecule has 0 saturated carbocycles. The molecule has 20 heavy (non-hydrogen) atoms. The van der Waals surface area contributed by atoms with Crippen molar-refractivity contribution >= 4 is 43.0 Å². The van der Waals surface area contributed by atoms with Gasteiger partial charge in [0.2, 0.25) is 0 Å². The summed E-state index contributed by atoms with van der Waals surface area (Å²) in [4.78, 5) is 0. The summed E-state index contributed by atoms with van der Waals surface area (Å²) < 4.78 is 64.0. The Hall–Kier alpha value is -1.06. The van der Waals surface area contributed by atoms with E-state index in [9.17, 15) is 21.6 Å². The first-order chi connectivity index (χ1) is 9.20. The van der Waals surface area contributed by atoms with Crippen LogP contribution in [-0.4, -0.2) is 8.42 Å². The average Bonchev–Trinajstić information content (AvgIpc) is 2.84. The first-order valence-electron chi connectivity index (χ1n) is 5.13. The van der Waals surface area contributed by atoms with Gasteiger partial charge < -0.3 is 0 Å². The van der Waals surface area contributed by atoms with Gasteiger partial charge in [0.15, 0.2) is 0 Å². The van der Waals surface area contributed by atoms with Crippen LogP contribution in [0.2, 0.25) is 0 Å². The first-order valence-corrected chi connectivity index (χ1v) is 8.29. The van der Waals surface area contributed by atoms with Crippen LogP contribution < -0.4 is 4.72 Å². The minimum Gasteiger partial charge on any atom is -0.279 e. The van der Waals surface area contributed by atoms with Gasteiger partial charge in [0.05, 0.1) is 5.56 Å². The molecule has 0 radical (unpaired) electrons. The largest absolute Gasteiger partial charge is 0.417 e. The molecule has 1 N–H and O–H groups in total. The predicted octanol–water partition coefficient (Wildman–Crippen LogP) is 4.33. The molecular formula is C11H7BrF3NO2S2. The van der Waals surface area contributed by atoms with Gasteiger partial charge >= 0.3 is 6.18 Å². The zero-order valence-electron chi connectivity index (χ0n) is 9.61. The van der Waals surface area contributed by atoms with E-state index in [-0.39, 0.29) is 14.4 Å². The first kappa shape index (κ1) is 15.3. The second kappa shape index (κ2) is 5.38. The number of hydrogen-bond acceptors (Lipinski definition) is 3. The van der Waals surface area contributed by atoms with Crippen molar-refractivity contribution < 1.29 is 21.6 Å². The Kier molecular flexibility index (Phi) is 4.12. The SMILES string of the molecule is O=S(=O)(Nc1ccc(Br)c(C(F)(F)F)c1)c1cccs1. The number of halogens is 4. The van der Waals surface area contributed by atoms with Crippen LogP contribution in [0.4, 0.5) is 18.9 Å². The summed E-state index contributed by atoms with van der Waals surface area (Å²) in [6, 6.07) is 6.06. The van der Waals surface area contributed by atoms with E-state index in [1.54, 1.807) is 11.4 Å². The van der Waals surface area contributed by atoms with Crippen molar-refractivity contribution in [3.05, 3.63) is 45.7 Å². The van der Waals surface area contributed by atoms with Crippen LogP contribution in [0.15, 0.2) is 44.4 Å². The molecular weight excluding hydrogens is 379 g/mol. The van der Waals surface area contributed by atoms with Gasteiger partial charge in [-0.3, -0.25) is 4.72 Å². The van der Waals surface area contributed by atoms with E-state index in [0.29, 0.717) is 0 Å². The number of hydrogen-bond donors (Lipinski definition) is 1. The lowest BCUT2D eigenvalue weighted by Crippen LogP contribution is -2.13. The van der Waals surface area contributed by atoms with Gasteiger partial charge in [0.25, 0.3) is 10.0 Å². The van der Waals surface area contributed by atoms with Crippen LogP contribution in [0.5, 0.6) is 0 Å². The fourth-order valence-corrected chi connectivity index (χ4v) is 3.94. The number of rotatable bonds is 3. The van der Waals surface area contributed by atoms with Crippen LogP contribution in [0.3, 0.4) is 0 Å². The number of anilines is 1. The average molecular weight is 386 g/mol. The lowest BCUT2D eigenvalue weighted by Gasteiger charge is -2.12. The van der Waals surface area contributed by atoms with Crippen molar-refractivity contribution in [3.8, 4) is 0 Å². The third kappa shape index (κ3) is 3.33. The molecule has 0 aliphatic heterocycles. The summed E-state index contributed by atoms with van der Waals surface area (Å²) in [5, 5.41) is 1.57. The third-order valence-electron chi connectivity index (χ3n) is 2.28. The Balaban J connectivity index is 2.36. The van der Waals surface area contributed by atoms with Gasteiger partial charge in [0, 0.05) is 10.2 Å². The maximum Gasteiger partial charge on any atom is 0.417 e. The minimum absolute atomic E-state index is 0.0361. The summed E-state index contributed by atoms with van der Waals surface area (Å²) in [5.41, 5.74) is -1.09. The molecule has 0 unspecified atom stereocenters. The van der Waals surface area contributed by atoms with E-state index < -0.39 is 21.8 Å². The van der Waals surface area contributed by atoms with Crippen LogP contribution in [-0.2, 0) is 16.2 Å². The van der Waals surface area contributed by atoms with E-state index in [4.69, 9.17) is 0 Å². The summed E-state index contributed by atoms with van der Waals surface area (Å²) in [6.45, 7) is 0. The molecule has 2 aromatic rings. The van der Waals surface area contributed by atoms with Gasteiger partial charge in [-0.15, -0.1) is 11.3 Å². The molecule has 0 atom stereocenters. The molecule has 0 spiro atoms. The molecule has 2 rings (SSSR count). The summed E-state index contributed by atoms with van der Waals surface area (Å²) in [6.07, 6.45) is -4.57. The number of nitrogens with one attached hydrogen (secondary N) is 1. The van der Waals surface area contributed by atoms with E-state index in [1.807, 2.05) is 0 Å². The Morgan fingerprint density at radius 3 is 2.45 bits per heavy atom. The van der Waals surface area contributed by atoms with E-state index in [0.717, 1.165) is 23.5 Å². The van der Waals surface area contributed by atoms with Crippen molar-refractivity contribution in [2.24, 2.45) is 0 Å². The lowest BCUT2D eigenvalue weighted by atomic mass is 10.2. The van der Waals surface area contributed by atoms with Crippen molar-refractivity contribution in [2.75, 3.05) is 4.72 Å². The third-order valence-corrected chi connectivity index (χ3v) is 5.75. The molecule has 0 aliphatic rings. The minimum atomic E-state index is -4.57. The Morgan fingerprint density at radius 2 is 1.90 bits per heavy atom. The van der Waals surface area contributed by atoms with Gasteiger partial charge in [-0.25, -0.2) is 8.42 Å². The number of sulfonamides is 1. The monoisotopic (exact) mass is 385 g/mol. The number of benzene rings is 1. The second-order valence-electron chi connectivity index (χ2n) is 3.73. The van der Waals surface area contributed by atoms with Gasteiger partial charge in [-0.2, -0.15) is 13.2 Å². The van der Waals surface area contributed by atoms with Gasteiger partial charge in [-0.05, 0) is 29.6 Å². The van der Waals surface area contributed by atoms with Crippen molar-refractivity contribution in [1.82, 2.24) is 0 Å². The highest BCUT2D eigenvalue weighted by Crippen LogP contribution is 2.36. The van der Waals surface area contributed by atoms with Gasteiger partial charge in [0.1, 0.15) is 4.21 Å². The highest BCUT2D eigenvalue weighted by molar-refractivity contribution is 9.10. The fourth-order valence-electron chi connectivity index (χ4n) is 1.43. The standard InChI is InChI=1S/C11H7BrF3NO2S2/c12-9-4-3-7(6-8(9)11(13,14)15)16-20(17,18)10-2-1-5-19-10/h1-6,16H. The predicted molar refractivity (Wildman–Crippen MR) is 74.3 cm³/mol. The second-order valence-corrected chi connectivity index (χ2v) is 7.44. The molecule has 0 fully saturated rings. The molecule has 1 aromatic carbocycles. The quantitative estimate of drug-likeness (QED) is 0.854. The van der Waals surface area contributed by atoms with Crippen LogP contribution >= 0.6 is 27.3 Å². The maximum atomic E-state index is 12.7. The smallest absolute Gasteiger partial charge is 0.279 e. The Morgan fingerprint density at radius 1 is 1.20 bits per heavy atom. The van der Waals surface area contributed by atoms with Crippen LogP contribution in [0.1, 0.15) is 5.56 Å². The van der Waals surface area contributed by atoms with Crippen LogP contribution in [0, 0.1) is 0 Å². The molecule has 9 heteroatoms. The summed E-state index contributed by atoms with van der Waals surface area (Å²) in [7, 11) is -3.86. The van der Waals surface area contributed by atoms with E-state index in [1.165, 1.54) is 12.1 Å². The molecule has 108 valence electrons. The molecule has 0 bridgehead atoms. The molecule has 1 aromatic heterocycles. The van der Waals surface area contributed by atoms with E-state index in [2.05, 4.69) is 20.7 Å². The zero-order chi connectivity index (χ0) is 15.0. The van der Waals surface area contributed by atoms with Gasteiger partial charge in [-0.1, -0.05) is 22.0 Å². The molecule has 3 nitrogen and oxygen atoms in total. The molecule has 0 amide bonds. The maximum absolute atomic E-state index is 12.7. The normalized spacial score (nSPS) is 12.4. The molecule has 1 heterocycles. The molecule has 0 saturated heterocycles. The highest BCUT2D eigenvalue weighted by atomic mass is 79.9. The Labute approximate surface area is 125 Å². The van der Waals surface area contributed by atoms with E-state index >= 15 is 0 Å². The topological polar surface area (TPSA) is 46.2 Å². The zero-order valence-corrected chi connectivity index (χ0v) is 12.8. The number of thiophene rings is 1. The summed E-state index contributed by atoms with van der Waals surface area (Å²) >= 11 is 3.77. The summed E-state index contributed by atoms with van der Waals surface area (Å²) in [5.74, 6) is 0. The highest BCUT2D eigenvalue weighted by Gasteiger charge is 2.33. The Bertz CT molecular complexity index is 712.